The Morgan fingerprint density at radius 3 is 2.83 bits per heavy atom. The van der Waals surface area contributed by atoms with E-state index in [0.717, 1.165) is 30.3 Å². The molecule has 1 aromatic carbocycles. The van der Waals surface area contributed by atoms with E-state index in [4.69, 9.17) is 21.6 Å². The molecule has 8 nitrogen and oxygen atoms in total. The van der Waals surface area contributed by atoms with E-state index in [-0.39, 0.29) is 18.1 Å². The van der Waals surface area contributed by atoms with Gasteiger partial charge in [-0.3, -0.25) is 9.36 Å². The van der Waals surface area contributed by atoms with Gasteiger partial charge in [-0.2, -0.15) is 5.26 Å². The summed E-state index contributed by atoms with van der Waals surface area (Å²) in [6.45, 7) is 5.10. The first kappa shape index (κ1) is 21.4. The highest BCUT2D eigenvalue weighted by atomic mass is 35.5. The topological polar surface area (TPSA) is 87.3 Å². The number of morpholine rings is 1. The second-order valence-corrected chi connectivity index (χ2v) is 7.97. The van der Waals surface area contributed by atoms with E-state index in [1.165, 1.54) is 11.8 Å². The molecule has 1 aliphatic rings. The van der Waals surface area contributed by atoms with Crippen molar-refractivity contribution in [2.45, 2.75) is 18.5 Å². The predicted molar refractivity (Wildman–Crippen MR) is 114 cm³/mol. The Morgan fingerprint density at radius 2 is 2.14 bits per heavy atom. The van der Waals surface area contributed by atoms with Crippen molar-refractivity contribution >= 4 is 40.9 Å². The van der Waals surface area contributed by atoms with Gasteiger partial charge in [0.25, 0.3) is 0 Å². The van der Waals surface area contributed by atoms with Crippen LogP contribution < -0.4 is 9.80 Å². The largest absolute Gasteiger partial charge is 0.378 e. The molecule has 0 radical (unpaired) electrons. The zero-order chi connectivity index (χ0) is 20.8. The Bertz CT molecular complexity index is 907. The van der Waals surface area contributed by atoms with Crippen molar-refractivity contribution in [3.63, 3.8) is 0 Å². The van der Waals surface area contributed by atoms with Gasteiger partial charge < -0.3 is 14.5 Å². The van der Waals surface area contributed by atoms with E-state index in [2.05, 4.69) is 21.2 Å². The van der Waals surface area contributed by atoms with E-state index in [9.17, 15) is 4.79 Å². The number of hydrogen-bond acceptors (Lipinski definition) is 7. The minimum atomic E-state index is -0.0945. The molecule has 0 N–H and O–H groups in total. The molecule has 2 aromatic rings. The van der Waals surface area contributed by atoms with Crippen LogP contribution in [0.25, 0.3) is 0 Å². The Balaban J connectivity index is 1.69. The molecular formula is C19H23ClN6O2S. The first-order valence-electron chi connectivity index (χ1n) is 9.29. The van der Waals surface area contributed by atoms with E-state index in [1.807, 2.05) is 24.6 Å². The van der Waals surface area contributed by atoms with Crippen LogP contribution in [0, 0.1) is 18.3 Å². The fourth-order valence-corrected chi connectivity index (χ4v) is 3.93. The predicted octanol–water partition coefficient (Wildman–Crippen LogP) is 2.65. The highest BCUT2D eigenvalue weighted by Crippen LogP contribution is 2.25. The number of carbonyl (C=O) groups is 1. The number of thioether (sulfide) groups is 1. The summed E-state index contributed by atoms with van der Waals surface area (Å²) in [5, 5.41) is 18.8. The molecule has 0 unspecified atom stereocenters. The van der Waals surface area contributed by atoms with E-state index < -0.39 is 0 Å². The number of aromatic nitrogens is 3. The monoisotopic (exact) mass is 434 g/mol. The maximum Gasteiger partial charge on any atom is 0.237 e. The van der Waals surface area contributed by atoms with Crippen molar-refractivity contribution in [2.24, 2.45) is 7.05 Å². The molecular weight excluding hydrogens is 412 g/mol. The van der Waals surface area contributed by atoms with Gasteiger partial charge in [-0.25, -0.2) is 0 Å². The molecule has 1 fully saturated rings. The van der Waals surface area contributed by atoms with Crippen LogP contribution in [0.3, 0.4) is 0 Å². The van der Waals surface area contributed by atoms with Crippen LogP contribution in [0.2, 0.25) is 5.02 Å². The van der Waals surface area contributed by atoms with Gasteiger partial charge in [0.1, 0.15) is 0 Å². The number of nitriles is 1. The first-order chi connectivity index (χ1) is 14.0. The van der Waals surface area contributed by atoms with Crippen LogP contribution in [0.1, 0.15) is 12.0 Å². The van der Waals surface area contributed by atoms with Gasteiger partial charge in [-0.1, -0.05) is 23.4 Å². The van der Waals surface area contributed by atoms with Crippen molar-refractivity contribution in [2.75, 3.05) is 48.4 Å². The van der Waals surface area contributed by atoms with E-state index in [0.29, 0.717) is 29.9 Å². The van der Waals surface area contributed by atoms with E-state index in [1.54, 1.807) is 17.0 Å². The second kappa shape index (κ2) is 9.96. The van der Waals surface area contributed by atoms with Gasteiger partial charge in [-0.05, 0) is 30.7 Å². The number of rotatable bonds is 7. The van der Waals surface area contributed by atoms with Gasteiger partial charge in [0.05, 0.1) is 31.5 Å². The molecule has 1 aromatic heterocycles. The number of hydrogen-bond donors (Lipinski definition) is 0. The fourth-order valence-electron chi connectivity index (χ4n) is 3.03. The van der Waals surface area contributed by atoms with Crippen LogP contribution in [-0.2, 0) is 16.6 Å². The SMILES string of the molecule is Cc1cc(N(CCC#N)C(=O)CSc2nnc(N3CCOCC3)n2C)ccc1Cl. The van der Waals surface area contributed by atoms with Gasteiger partial charge in [-0.15, -0.1) is 10.2 Å². The Hall–Kier alpha value is -2.28. The second-order valence-electron chi connectivity index (χ2n) is 6.62. The maximum atomic E-state index is 12.9. The standard InChI is InChI=1S/C19H23ClN6O2S/c1-14-12-15(4-5-16(14)20)26(7-3-6-21)17(27)13-29-19-23-22-18(24(19)2)25-8-10-28-11-9-25/h4-5,12H,3,7-11,13H2,1-2H3. The summed E-state index contributed by atoms with van der Waals surface area (Å²) in [6, 6.07) is 7.53. The summed E-state index contributed by atoms with van der Waals surface area (Å²) in [6.07, 6.45) is 0.253. The minimum Gasteiger partial charge on any atom is -0.378 e. The third kappa shape index (κ3) is 5.21. The Labute approximate surface area is 179 Å². The van der Waals surface area contributed by atoms with Gasteiger partial charge >= 0.3 is 0 Å². The van der Waals surface area contributed by atoms with Crippen LogP contribution in [0.15, 0.2) is 23.4 Å². The lowest BCUT2D eigenvalue weighted by atomic mass is 10.2. The minimum absolute atomic E-state index is 0.0945. The molecule has 3 rings (SSSR count). The van der Waals surface area contributed by atoms with Crippen LogP contribution in [0.5, 0.6) is 0 Å². The Kier molecular flexibility index (Phi) is 7.36. The van der Waals surface area contributed by atoms with Crippen molar-refractivity contribution < 1.29 is 9.53 Å². The number of nitrogens with zero attached hydrogens (tertiary/aromatic N) is 6. The summed E-state index contributed by atoms with van der Waals surface area (Å²) in [7, 11) is 1.90. The molecule has 1 saturated heterocycles. The van der Waals surface area contributed by atoms with Crippen molar-refractivity contribution in [1.82, 2.24) is 14.8 Å². The fraction of sp³-hybridized carbons (Fsp3) is 0.474. The molecule has 0 saturated carbocycles. The molecule has 154 valence electrons. The molecule has 1 aliphatic heterocycles. The van der Waals surface area contributed by atoms with Crippen molar-refractivity contribution in [1.29, 1.82) is 5.26 Å². The lowest BCUT2D eigenvalue weighted by Crippen LogP contribution is -2.37. The Morgan fingerprint density at radius 1 is 1.38 bits per heavy atom. The first-order valence-corrected chi connectivity index (χ1v) is 10.7. The number of anilines is 2. The molecule has 10 heteroatoms. The summed E-state index contributed by atoms with van der Waals surface area (Å²) < 4.78 is 7.28. The van der Waals surface area contributed by atoms with E-state index >= 15 is 0 Å². The molecule has 29 heavy (non-hydrogen) atoms. The molecule has 0 bridgehead atoms. The van der Waals surface area contributed by atoms with Gasteiger partial charge in [0.15, 0.2) is 5.16 Å². The van der Waals surface area contributed by atoms with Gasteiger partial charge in [0.2, 0.25) is 11.9 Å². The zero-order valence-corrected chi connectivity index (χ0v) is 18.0. The maximum absolute atomic E-state index is 12.9. The molecule has 1 amide bonds. The van der Waals surface area contributed by atoms with Crippen LogP contribution in [0.4, 0.5) is 11.6 Å². The lowest BCUT2D eigenvalue weighted by molar-refractivity contribution is -0.116. The number of amides is 1. The highest BCUT2D eigenvalue weighted by Gasteiger charge is 2.21. The molecule has 0 atom stereocenters. The quantitative estimate of drug-likeness (QED) is 0.619. The zero-order valence-electron chi connectivity index (χ0n) is 16.5. The molecule has 2 heterocycles. The van der Waals surface area contributed by atoms with Crippen molar-refractivity contribution in [3.05, 3.63) is 28.8 Å². The normalized spacial score (nSPS) is 13.9. The summed E-state index contributed by atoms with van der Waals surface area (Å²) in [4.78, 5) is 16.7. The number of carbonyl (C=O) groups excluding carboxylic acids is 1. The van der Waals surface area contributed by atoms with Gasteiger partial charge in [0, 0.05) is 37.4 Å². The number of ether oxygens (including phenoxy) is 1. The number of benzene rings is 1. The smallest absolute Gasteiger partial charge is 0.237 e. The van der Waals surface area contributed by atoms with Crippen LogP contribution in [-0.4, -0.2) is 59.3 Å². The molecule has 0 spiro atoms. The summed E-state index contributed by atoms with van der Waals surface area (Å²) in [5.41, 5.74) is 1.62. The average Bonchev–Trinajstić information content (AvgIpc) is 3.10. The summed E-state index contributed by atoms with van der Waals surface area (Å²) in [5.74, 6) is 0.878. The lowest BCUT2D eigenvalue weighted by Gasteiger charge is -2.27. The average molecular weight is 435 g/mol. The summed E-state index contributed by atoms with van der Waals surface area (Å²) >= 11 is 7.44. The third-order valence-corrected chi connectivity index (χ3v) is 6.06. The van der Waals surface area contributed by atoms with Crippen molar-refractivity contribution in [3.8, 4) is 6.07 Å². The number of halogens is 1. The highest BCUT2D eigenvalue weighted by molar-refractivity contribution is 7.99. The van der Waals surface area contributed by atoms with Crippen LogP contribution >= 0.6 is 23.4 Å². The number of aryl methyl sites for hydroxylation is 1. The third-order valence-electron chi connectivity index (χ3n) is 4.63. The molecule has 0 aliphatic carbocycles.